The Kier molecular flexibility index (Phi) is 3.90. The number of pyridine rings is 2. The number of hydrogen-bond donors (Lipinski definition) is 1. The molecule has 0 saturated heterocycles. The van der Waals surface area contributed by atoms with E-state index in [0.29, 0.717) is 12.0 Å². The summed E-state index contributed by atoms with van der Waals surface area (Å²) in [5.74, 6) is -0.452. The number of aryl methyl sites for hydroxylation is 1. The second-order valence-corrected chi connectivity index (χ2v) is 4.85. The lowest BCUT2D eigenvalue weighted by molar-refractivity contribution is 0.0558. The van der Waals surface area contributed by atoms with E-state index in [-0.39, 0.29) is 0 Å². The number of aliphatic hydroxyl groups is 1. The molecule has 0 amide bonds. The molecule has 1 atom stereocenters. The van der Waals surface area contributed by atoms with Crippen LogP contribution >= 0.6 is 0 Å². The predicted octanol–water partition coefficient (Wildman–Crippen LogP) is 2.63. The molecule has 0 aromatic carbocycles. The molecule has 100 valence electrons. The van der Waals surface area contributed by atoms with Gasteiger partial charge < -0.3 is 5.11 Å². The topological polar surface area (TPSA) is 46.0 Å². The lowest BCUT2D eigenvalue weighted by atomic mass is 9.92. The maximum Gasteiger partial charge on any atom is 0.141 e. The summed E-state index contributed by atoms with van der Waals surface area (Å²) in [6.45, 7) is 3.70. The van der Waals surface area contributed by atoms with E-state index >= 15 is 0 Å². The Morgan fingerprint density at radius 1 is 1.26 bits per heavy atom. The average molecular weight is 260 g/mol. The molecule has 1 unspecified atom stereocenters. The fourth-order valence-corrected chi connectivity index (χ4v) is 1.93. The minimum atomic E-state index is -1.18. The fraction of sp³-hybridized carbons (Fsp3) is 0.333. The van der Waals surface area contributed by atoms with E-state index in [1.165, 1.54) is 12.3 Å². The Morgan fingerprint density at radius 2 is 2.05 bits per heavy atom. The molecule has 0 aliphatic carbocycles. The Hall–Kier alpha value is -1.81. The van der Waals surface area contributed by atoms with Gasteiger partial charge in [0.15, 0.2) is 0 Å². The largest absolute Gasteiger partial charge is 0.385 e. The molecular weight excluding hydrogens is 243 g/mol. The summed E-state index contributed by atoms with van der Waals surface area (Å²) in [5, 5.41) is 10.4. The summed E-state index contributed by atoms with van der Waals surface area (Å²) in [6.07, 6.45) is 5.65. The van der Waals surface area contributed by atoms with Crippen molar-refractivity contribution in [3.8, 4) is 0 Å². The van der Waals surface area contributed by atoms with Crippen molar-refractivity contribution in [1.29, 1.82) is 0 Å². The third-order valence-corrected chi connectivity index (χ3v) is 3.15. The zero-order valence-corrected chi connectivity index (χ0v) is 11.1. The van der Waals surface area contributed by atoms with Crippen molar-refractivity contribution in [1.82, 2.24) is 9.97 Å². The highest BCUT2D eigenvalue weighted by Crippen LogP contribution is 2.24. The Bertz CT molecular complexity index is 552. The fourth-order valence-electron chi connectivity index (χ4n) is 1.93. The molecule has 3 nitrogen and oxygen atoms in total. The van der Waals surface area contributed by atoms with Crippen LogP contribution in [-0.2, 0) is 18.4 Å². The highest BCUT2D eigenvalue weighted by Gasteiger charge is 2.25. The number of rotatable bonds is 4. The molecule has 0 bridgehead atoms. The number of aromatic nitrogens is 2. The molecule has 0 fully saturated rings. The van der Waals surface area contributed by atoms with E-state index in [9.17, 15) is 9.50 Å². The normalized spacial score (nSPS) is 14.1. The van der Waals surface area contributed by atoms with Gasteiger partial charge in [-0.25, -0.2) is 4.39 Å². The molecule has 4 heteroatoms. The summed E-state index contributed by atoms with van der Waals surface area (Å²) in [5.41, 5.74) is 1.19. The molecule has 2 rings (SSSR count). The van der Waals surface area contributed by atoms with Crippen LogP contribution in [0.2, 0.25) is 0 Å². The van der Waals surface area contributed by atoms with Gasteiger partial charge in [-0.2, -0.15) is 0 Å². The molecule has 0 saturated carbocycles. The number of nitrogens with zero attached hydrogens (tertiary/aromatic N) is 2. The van der Waals surface area contributed by atoms with E-state index in [1.807, 2.05) is 12.1 Å². The first kappa shape index (κ1) is 13.6. The molecule has 2 heterocycles. The van der Waals surface area contributed by atoms with Gasteiger partial charge in [0.05, 0.1) is 11.8 Å². The van der Waals surface area contributed by atoms with Crippen molar-refractivity contribution >= 4 is 0 Å². The monoisotopic (exact) mass is 260 g/mol. The van der Waals surface area contributed by atoms with E-state index < -0.39 is 11.4 Å². The van der Waals surface area contributed by atoms with Gasteiger partial charge in [-0.3, -0.25) is 9.97 Å². The molecule has 0 spiro atoms. The standard InChI is InChI=1S/C15H17FN2O/c1-3-11-4-5-14(18-8-11)7-15(2,19)12-6-13(16)10-17-9-12/h4-6,8-10,19H,3,7H2,1-2H3. The first-order valence-corrected chi connectivity index (χ1v) is 6.28. The van der Waals surface area contributed by atoms with E-state index in [0.717, 1.165) is 23.9 Å². The van der Waals surface area contributed by atoms with Crippen LogP contribution in [0.5, 0.6) is 0 Å². The maximum atomic E-state index is 13.1. The van der Waals surface area contributed by atoms with Crippen LogP contribution in [0.1, 0.15) is 30.7 Å². The van der Waals surface area contributed by atoms with Crippen LogP contribution in [0.4, 0.5) is 4.39 Å². The third-order valence-electron chi connectivity index (χ3n) is 3.15. The van der Waals surface area contributed by atoms with Gasteiger partial charge in [0.1, 0.15) is 5.82 Å². The van der Waals surface area contributed by atoms with Gasteiger partial charge in [0, 0.05) is 30.1 Å². The van der Waals surface area contributed by atoms with Crippen LogP contribution < -0.4 is 0 Å². The molecule has 19 heavy (non-hydrogen) atoms. The van der Waals surface area contributed by atoms with Crippen molar-refractivity contribution in [2.24, 2.45) is 0 Å². The van der Waals surface area contributed by atoms with Gasteiger partial charge in [-0.15, -0.1) is 0 Å². The van der Waals surface area contributed by atoms with Crippen LogP contribution in [-0.4, -0.2) is 15.1 Å². The van der Waals surface area contributed by atoms with Gasteiger partial charge in [-0.05, 0) is 31.0 Å². The van der Waals surface area contributed by atoms with Crippen molar-refractivity contribution in [3.63, 3.8) is 0 Å². The minimum Gasteiger partial charge on any atom is -0.385 e. The van der Waals surface area contributed by atoms with Crippen molar-refractivity contribution in [2.75, 3.05) is 0 Å². The summed E-state index contributed by atoms with van der Waals surface area (Å²) >= 11 is 0. The van der Waals surface area contributed by atoms with E-state index in [2.05, 4.69) is 16.9 Å². The summed E-state index contributed by atoms with van der Waals surface area (Å²) in [4.78, 5) is 8.07. The Labute approximate surface area is 112 Å². The highest BCUT2D eigenvalue weighted by atomic mass is 19.1. The minimum absolute atomic E-state index is 0.322. The van der Waals surface area contributed by atoms with Crippen molar-refractivity contribution in [3.05, 3.63) is 59.4 Å². The third kappa shape index (κ3) is 3.35. The summed E-state index contributed by atoms with van der Waals surface area (Å²) in [7, 11) is 0. The second kappa shape index (κ2) is 5.45. The van der Waals surface area contributed by atoms with Crippen molar-refractivity contribution in [2.45, 2.75) is 32.3 Å². The number of halogens is 1. The van der Waals surface area contributed by atoms with Crippen LogP contribution in [0.25, 0.3) is 0 Å². The van der Waals surface area contributed by atoms with Crippen LogP contribution in [0, 0.1) is 5.82 Å². The van der Waals surface area contributed by atoms with Crippen molar-refractivity contribution < 1.29 is 9.50 Å². The van der Waals surface area contributed by atoms with Gasteiger partial charge >= 0.3 is 0 Å². The molecule has 0 aliphatic heterocycles. The molecule has 0 aliphatic rings. The van der Waals surface area contributed by atoms with Crippen LogP contribution in [0.15, 0.2) is 36.8 Å². The maximum absolute atomic E-state index is 13.1. The first-order chi connectivity index (χ1) is 9.01. The van der Waals surface area contributed by atoms with Gasteiger partial charge in [-0.1, -0.05) is 13.0 Å². The Balaban J connectivity index is 2.20. The summed E-state index contributed by atoms with van der Waals surface area (Å²) < 4.78 is 13.1. The highest BCUT2D eigenvalue weighted by molar-refractivity contribution is 5.22. The zero-order chi connectivity index (χ0) is 13.9. The second-order valence-electron chi connectivity index (χ2n) is 4.85. The molecule has 2 aromatic rings. The first-order valence-electron chi connectivity index (χ1n) is 6.28. The molecule has 0 radical (unpaired) electrons. The average Bonchev–Trinajstić information content (AvgIpc) is 2.39. The van der Waals surface area contributed by atoms with Gasteiger partial charge in [0.25, 0.3) is 0 Å². The smallest absolute Gasteiger partial charge is 0.141 e. The predicted molar refractivity (Wildman–Crippen MR) is 71.1 cm³/mol. The lowest BCUT2D eigenvalue weighted by Gasteiger charge is -2.23. The SMILES string of the molecule is CCc1ccc(CC(C)(O)c2cncc(F)c2)nc1. The van der Waals surface area contributed by atoms with E-state index in [4.69, 9.17) is 0 Å². The van der Waals surface area contributed by atoms with Crippen LogP contribution in [0.3, 0.4) is 0 Å². The zero-order valence-electron chi connectivity index (χ0n) is 11.1. The lowest BCUT2D eigenvalue weighted by Crippen LogP contribution is -2.25. The number of hydrogen-bond acceptors (Lipinski definition) is 3. The summed E-state index contributed by atoms with van der Waals surface area (Å²) in [6, 6.07) is 5.18. The molecule has 1 N–H and O–H groups in total. The van der Waals surface area contributed by atoms with E-state index in [1.54, 1.807) is 13.1 Å². The van der Waals surface area contributed by atoms with Gasteiger partial charge in [0.2, 0.25) is 0 Å². The molecular formula is C15H17FN2O. The quantitative estimate of drug-likeness (QED) is 0.919. The Morgan fingerprint density at radius 3 is 2.63 bits per heavy atom. The molecule has 2 aromatic heterocycles.